The highest BCUT2D eigenvalue weighted by Crippen LogP contribution is 2.48. The molecular weight excluding hydrogens is 409 g/mol. The Kier molecular flexibility index (Phi) is 5.84. The third-order valence-corrected chi connectivity index (χ3v) is 6.44. The molecule has 1 saturated carbocycles. The van der Waals surface area contributed by atoms with Crippen LogP contribution in [0.4, 0.5) is 0 Å². The Morgan fingerprint density at radius 2 is 1.76 bits per heavy atom. The smallest absolute Gasteiger partial charge is 0.304 e. The maximum Gasteiger partial charge on any atom is 0.304 e. The van der Waals surface area contributed by atoms with Gasteiger partial charge in [-0.25, -0.2) is 0 Å². The van der Waals surface area contributed by atoms with E-state index in [9.17, 15) is 14.7 Å². The summed E-state index contributed by atoms with van der Waals surface area (Å²) in [5.41, 5.74) is 2.04. The maximum absolute atomic E-state index is 13.3. The molecule has 1 aliphatic carbocycles. The summed E-state index contributed by atoms with van der Waals surface area (Å²) in [7, 11) is 0. The molecule has 0 spiro atoms. The van der Waals surface area contributed by atoms with Gasteiger partial charge in [0, 0.05) is 28.4 Å². The van der Waals surface area contributed by atoms with Crippen molar-refractivity contribution in [1.29, 1.82) is 0 Å². The summed E-state index contributed by atoms with van der Waals surface area (Å²) < 4.78 is 0. The molecule has 29 heavy (non-hydrogen) atoms. The number of carboxylic acid groups (broad SMARTS) is 1. The maximum atomic E-state index is 13.3. The molecule has 6 heteroatoms. The largest absolute Gasteiger partial charge is 0.481 e. The lowest BCUT2D eigenvalue weighted by Crippen LogP contribution is -2.48. The topological polar surface area (TPSA) is 57.6 Å². The molecule has 3 atom stereocenters. The van der Waals surface area contributed by atoms with Gasteiger partial charge in [0.1, 0.15) is 0 Å². The molecule has 4 nitrogen and oxygen atoms in total. The van der Waals surface area contributed by atoms with Gasteiger partial charge in [-0.15, -0.1) is 0 Å². The van der Waals surface area contributed by atoms with E-state index in [2.05, 4.69) is 0 Å². The van der Waals surface area contributed by atoms with Crippen LogP contribution in [-0.4, -0.2) is 28.4 Å². The van der Waals surface area contributed by atoms with Crippen LogP contribution in [0.1, 0.15) is 48.8 Å². The van der Waals surface area contributed by atoms with Gasteiger partial charge in [-0.2, -0.15) is 0 Å². The molecule has 1 heterocycles. The first-order chi connectivity index (χ1) is 13.9. The summed E-state index contributed by atoms with van der Waals surface area (Å²) >= 11 is 12.4. The summed E-state index contributed by atoms with van der Waals surface area (Å²) in [6.45, 7) is 0.666. The van der Waals surface area contributed by atoms with Gasteiger partial charge in [0.25, 0.3) is 0 Å². The van der Waals surface area contributed by atoms with E-state index >= 15 is 0 Å². The van der Waals surface area contributed by atoms with Gasteiger partial charge in [-0.3, -0.25) is 9.59 Å². The zero-order chi connectivity index (χ0) is 20.5. The average Bonchev–Trinajstić information content (AvgIpc) is 3.49. The lowest BCUT2D eigenvalue weighted by Gasteiger charge is -2.45. The van der Waals surface area contributed by atoms with Crippen LogP contribution >= 0.6 is 23.2 Å². The molecule has 0 bridgehead atoms. The van der Waals surface area contributed by atoms with Crippen molar-refractivity contribution in [2.75, 3.05) is 6.54 Å². The van der Waals surface area contributed by atoms with Gasteiger partial charge in [0.2, 0.25) is 5.91 Å². The standard InChI is InChI=1S/C23H23Cl2NO3/c24-18-8-6-15(7-9-18)22-20(16-2-1-3-19(25)10-16)11-17(12-21(27)28)23(29)26(22)13-14-4-5-14/h1-3,6-10,14,17,20,22H,4-5,11-13H2,(H,27,28). The number of aliphatic carboxylic acids is 1. The van der Waals surface area contributed by atoms with Crippen molar-refractivity contribution in [1.82, 2.24) is 4.90 Å². The summed E-state index contributed by atoms with van der Waals surface area (Å²) in [5, 5.41) is 10.7. The van der Waals surface area contributed by atoms with Crippen molar-refractivity contribution >= 4 is 35.1 Å². The molecule has 152 valence electrons. The fourth-order valence-corrected chi connectivity index (χ4v) is 4.74. The van der Waals surface area contributed by atoms with Crippen LogP contribution in [0.15, 0.2) is 48.5 Å². The molecular formula is C23H23Cl2NO3. The number of amides is 1. The molecule has 1 saturated heterocycles. The van der Waals surface area contributed by atoms with Crippen molar-refractivity contribution in [3.8, 4) is 0 Å². The predicted octanol–water partition coefficient (Wildman–Crippen LogP) is 5.55. The van der Waals surface area contributed by atoms with Crippen LogP contribution in [0.2, 0.25) is 10.0 Å². The van der Waals surface area contributed by atoms with E-state index in [0.29, 0.717) is 28.9 Å². The number of hydrogen-bond acceptors (Lipinski definition) is 2. The van der Waals surface area contributed by atoms with Crippen LogP contribution in [-0.2, 0) is 9.59 Å². The number of hydrogen-bond donors (Lipinski definition) is 1. The van der Waals surface area contributed by atoms with Crippen LogP contribution in [0, 0.1) is 11.8 Å². The molecule has 1 aliphatic heterocycles. The van der Waals surface area contributed by atoms with Crippen LogP contribution < -0.4 is 0 Å². The lowest BCUT2D eigenvalue weighted by molar-refractivity contribution is -0.150. The number of carboxylic acids is 1. The van der Waals surface area contributed by atoms with Crippen LogP contribution in [0.3, 0.4) is 0 Å². The Morgan fingerprint density at radius 3 is 2.38 bits per heavy atom. The number of nitrogens with zero attached hydrogens (tertiary/aromatic N) is 1. The molecule has 4 rings (SSSR count). The third-order valence-electron chi connectivity index (χ3n) is 5.95. The number of carbonyl (C=O) groups excluding carboxylic acids is 1. The van der Waals surface area contributed by atoms with E-state index in [1.165, 1.54) is 0 Å². The Morgan fingerprint density at radius 1 is 1.03 bits per heavy atom. The molecule has 2 aromatic carbocycles. The molecule has 0 aromatic heterocycles. The third kappa shape index (κ3) is 4.59. The Balaban J connectivity index is 1.78. The number of carbonyl (C=O) groups is 2. The highest BCUT2D eigenvalue weighted by atomic mass is 35.5. The van der Waals surface area contributed by atoms with E-state index < -0.39 is 11.9 Å². The van der Waals surface area contributed by atoms with Crippen molar-refractivity contribution in [2.24, 2.45) is 11.8 Å². The van der Waals surface area contributed by atoms with Crippen molar-refractivity contribution in [2.45, 2.75) is 37.6 Å². The first-order valence-electron chi connectivity index (χ1n) is 9.95. The van der Waals surface area contributed by atoms with Crippen molar-refractivity contribution in [3.05, 3.63) is 69.7 Å². The van der Waals surface area contributed by atoms with Gasteiger partial charge < -0.3 is 10.0 Å². The summed E-state index contributed by atoms with van der Waals surface area (Å²) in [6, 6.07) is 15.1. The van der Waals surface area contributed by atoms with Crippen molar-refractivity contribution < 1.29 is 14.7 Å². The molecule has 2 fully saturated rings. The predicted molar refractivity (Wildman–Crippen MR) is 113 cm³/mol. The van der Waals surface area contributed by atoms with E-state index in [1.54, 1.807) is 0 Å². The number of benzene rings is 2. The van der Waals surface area contributed by atoms with Gasteiger partial charge >= 0.3 is 5.97 Å². The summed E-state index contributed by atoms with van der Waals surface area (Å²) in [5.74, 6) is -1.06. The second-order valence-corrected chi connectivity index (χ2v) is 9.00. The van der Waals surface area contributed by atoms with Gasteiger partial charge in [-0.1, -0.05) is 47.5 Å². The summed E-state index contributed by atoms with van der Waals surface area (Å²) in [4.78, 5) is 26.7. The number of halogens is 2. The second kappa shape index (κ2) is 8.37. The SMILES string of the molecule is O=C(O)CC1CC(c2cccc(Cl)c2)C(c2ccc(Cl)cc2)N(CC2CC2)C1=O. The quantitative estimate of drug-likeness (QED) is 0.651. The molecule has 3 unspecified atom stereocenters. The minimum Gasteiger partial charge on any atom is -0.481 e. The van der Waals surface area contributed by atoms with E-state index in [-0.39, 0.29) is 24.3 Å². The fraction of sp³-hybridized carbons (Fsp3) is 0.391. The average molecular weight is 432 g/mol. The van der Waals surface area contributed by atoms with Gasteiger partial charge in [0.15, 0.2) is 0 Å². The zero-order valence-corrected chi connectivity index (χ0v) is 17.4. The number of rotatable bonds is 6. The van der Waals surface area contributed by atoms with E-state index in [0.717, 1.165) is 24.0 Å². The Hall–Kier alpha value is -2.04. The van der Waals surface area contributed by atoms with Crippen molar-refractivity contribution in [3.63, 3.8) is 0 Å². The first kappa shape index (κ1) is 20.2. The number of piperidine rings is 1. The highest BCUT2D eigenvalue weighted by molar-refractivity contribution is 6.30. The summed E-state index contributed by atoms with van der Waals surface area (Å²) in [6.07, 6.45) is 2.56. The molecule has 0 radical (unpaired) electrons. The minimum absolute atomic E-state index is 0.0318. The van der Waals surface area contributed by atoms with Crippen LogP contribution in [0.5, 0.6) is 0 Å². The minimum atomic E-state index is -0.940. The monoisotopic (exact) mass is 431 g/mol. The molecule has 2 aliphatic rings. The second-order valence-electron chi connectivity index (χ2n) is 8.12. The first-order valence-corrected chi connectivity index (χ1v) is 10.7. The van der Waals surface area contributed by atoms with Gasteiger partial charge in [-0.05, 0) is 60.6 Å². The molecule has 2 aromatic rings. The fourth-order valence-electron chi connectivity index (χ4n) is 4.42. The molecule has 1 amide bonds. The number of likely N-dealkylation sites (tertiary alicyclic amines) is 1. The lowest BCUT2D eigenvalue weighted by atomic mass is 9.75. The normalized spacial score (nSPS) is 24.6. The zero-order valence-electron chi connectivity index (χ0n) is 15.9. The highest BCUT2D eigenvalue weighted by Gasteiger charge is 2.45. The van der Waals surface area contributed by atoms with E-state index in [4.69, 9.17) is 23.2 Å². The van der Waals surface area contributed by atoms with E-state index in [1.807, 2.05) is 53.4 Å². The van der Waals surface area contributed by atoms with Crippen LogP contribution in [0.25, 0.3) is 0 Å². The Labute approximate surface area is 180 Å². The Bertz CT molecular complexity index is 911. The van der Waals surface area contributed by atoms with Gasteiger partial charge in [0.05, 0.1) is 12.5 Å². The molecule has 1 N–H and O–H groups in total.